The van der Waals surface area contributed by atoms with Crippen LogP contribution >= 0.6 is 0 Å². The van der Waals surface area contributed by atoms with Gasteiger partial charge in [0.2, 0.25) is 10.0 Å². The summed E-state index contributed by atoms with van der Waals surface area (Å²) in [6, 6.07) is 16.0. The number of carboxylic acids is 1. The molecule has 0 radical (unpaired) electrons. The summed E-state index contributed by atoms with van der Waals surface area (Å²) in [5, 5.41) is 19.5. The number of hydrogen-bond acceptors (Lipinski definition) is 6. The summed E-state index contributed by atoms with van der Waals surface area (Å²) >= 11 is 0. The van der Waals surface area contributed by atoms with Crippen LogP contribution in [0, 0.1) is 25.2 Å². The van der Waals surface area contributed by atoms with Gasteiger partial charge >= 0.3 is 5.97 Å². The fourth-order valence-electron chi connectivity index (χ4n) is 5.01. The van der Waals surface area contributed by atoms with Crippen molar-refractivity contribution < 1.29 is 27.8 Å². The molecule has 4 rings (SSSR count). The Bertz CT molecular complexity index is 1600. The van der Waals surface area contributed by atoms with Crippen molar-refractivity contribution >= 4 is 21.7 Å². The average molecular weight is 563 g/mol. The molecule has 3 aromatic carbocycles. The van der Waals surface area contributed by atoms with E-state index in [0.717, 1.165) is 29.7 Å². The lowest BCUT2D eigenvalue weighted by Crippen LogP contribution is -2.29. The molecule has 0 bridgehead atoms. The maximum Gasteiger partial charge on any atom is 0.337 e. The molecular weight excluding hydrogens is 528 g/mol. The Hall–Kier alpha value is -3.87. The molecule has 3 aromatic rings. The first-order valence-corrected chi connectivity index (χ1v) is 14.7. The Balaban J connectivity index is 1.85. The largest absolute Gasteiger partial charge is 0.493 e. The summed E-state index contributed by atoms with van der Waals surface area (Å²) in [5.41, 5.74) is 4.41. The van der Waals surface area contributed by atoms with Crippen molar-refractivity contribution in [3.8, 4) is 22.9 Å². The highest BCUT2D eigenvalue weighted by Gasteiger charge is 2.33. The van der Waals surface area contributed by atoms with E-state index in [1.165, 1.54) is 6.07 Å². The van der Waals surface area contributed by atoms with E-state index in [1.54, 1.807) is 52.0 Å². The van der Waals surface area contributed by atoms with E-state index in [-0.39, 0.29) is 11.4 Å². The smallest absolute Gasteiger partial charge is 0.337 e. The number of carboxylic acid groups (broad SMARTS) is 1. The lowest BCUT2D eigenvalue weighted by atomic mass is 9.86. The summed E-state index contributed by atoms with van der Waals surface area (Å²) in [6.45, 7) is 9.54. The Morgan fingerprint density at radius 1 is 1.18 bits per heavy atom. The SMILES string of the molecule is Cc1cc(NS(=O)(=O)Cc2cccc(C#N)c2)c(C)c(C(OC(C)(C)C)C(=O)O)c1-c1ccc2c(c1)CCCO2. The number of nitriles is 1. The number of rotatable bonds is 8. The van der Waals surface area contributed by atoms with E-state index < -0.39 is 27.7 Å². The van der Waals surface area contributed by atoms with Gasteiger partial charge in [0.05, 0.1) is 35.3 Å². The van der Waals surface area contributed by atoms with Gasteiger partial charge in [-0.05, 0) is 111 Å². The number of benzene rings is 3. The van der Waals surface area contributed by atoms with Gasteiger partial charge in [-0.2, -0.15) is 5.26 Å². The minimum absolute atomic E-state index is 0.276. The number of fused-ring (bicyclic) bond motifs is 1. The van der Waals surface area contributed by atoms with Crippen molar-refractivity contribution in [2.45, 2.75) is 64.9 Å². The molecule has 0 fully saturated rings. The number of aryl methyl sites for hydroxylation is 2. The second-order valence-corrected chi connectivity index (χ2v) is 12.8. The van der Waals surface area contributed by atoms with Gasteiger partial charge in [0.1, 0.15) is 5.75 Å². The zero-order chi connectivity index (χ0) is 29.2. The van der Waals surface area contributed by atoms with Crippen LogP contribution in [0.25, 0.3) is 11.1 Å². The van der Waals surface area contributed by atoms with Crippen molar-refractivity contribution in [3.05, 3.63) is 81.9 Å². The molecule has 1 heterocycles. The van der Waals surface area contributed by atoms with E-state index in [4.69, 9.17) is 9.47 Å². The number of hydrogen-bond donors (Lipinski definition) is 2. The van der Waals surface area contributed by atoms with Crippen LogP contribution < -0.4 is 9.46 Å². The zero-order valence-corrected chi connectivity index (χ0v) is 24.2. The number of aliphatic carboxylic acids is 1. The third kappa shape index (κ3) is 6.64. The van der Waals surface area contributed by atoms with Gasteiger partial charge in [-0.15, -0.1) is 0 Å². The van der Waals surface area contributed by atoms with Gasteiger partial charge in [0.15, 0.2) is 6.10 Å². The first kappa shape index (κ1) is 29.1. The van der Waals surface area contributed by atoms with E-state index >= 15 is 0 Å². The molecule has 0 aliphatic carbocycles. The molecule has 210 valence electrons. The molecule has 40 heavy (non-hydrogen) atoms. The predicted octanol–water partition coefficient (Wildman–Crippen LogP) is 6.05. The molecule has 1 atom stereocenters. The molecule has 8 nitrogen and oxygen atoms in total. The molecule has 1 unspecified atom stereocenters. The predicted molar refractivity (Wildman–Crippen MR) is 154 cm³/mol. The molecule has 9 heteroatoms. The van der Waals surface area contributed by atoms with Gasteiger partial charge in [0, 0.05) is 5.56 Å². The first-order chi connectivity index (χ1) is 18.8. The van der Waals surface area contributed by atoms with E-state index in [0.29, 0.717) is 40.0 Å². The summed E-state index contributed by atoms with van der Waals surface area (Å²) in [6.07, 6.45) is 0.393. The van der Waals surface area contributed by atoms with Gasteiger partial charge in [0.25, 0.3) is 0 Å². The number of nitrogens with zero attached hydrogens (tertiary/aromatic N) is 1. The van der Waals surface area contributed by atoms with E-state index in [1.807, 2.05) is 31.2 Å². The number of carbonyl (C=O) groups is 1. The van der Waals surface area contributed by atoms with Crippen molar-refractivity contribution in [1.29, 1.82) is 5.26 Å². The van der Waals surface area contributed by atoms with Gasteiger partial charge < -0.3 is 14.6 Å². The van der Waals surface area contributed by atoms with Crippen LogP contribution in [0.3, 0.4) is 0 Å². The molecule has 0 saturated heterocycles. The van der Waals surface area contributed by atoms with E-state index in [9.17, 15) is 23.6 Å². The molecule has 2 N–H and O–H groups in total. The Labute approximate surface area is 235 Å². The van der Waals surface area contributed by atoms with Crippen LogP contribution in [0.1, 0.15) is 66.7 Å². The van der Waals surface area contributed by atoms with Crippen molar-refractivity contribution in [2.24, 2.45) is 0 Å². The van der Waals surface area contributed by atoms with Crippen LogP contribution in [0.15, 0.2) is 48.5 Å². The van der Waals surface area contributed by atoms with Crippen LogP contribution in [-0.4, -0.2) is 31.7 Å². The summed E-state index contributed by atoms with van der Waals surface area (Å²) < 4.78 is 41.0. The second-order valence-electron chi connectivity index (χ2n) is 11.1. The number of nitrogens with one attached hydrogen (secondary N) is 1. The maximum atomic E-state index is 13.2. The van der Waals surface area contributed by atoms with Crippen LogP contribution in [0.4, 0.5) is 5.69 Å². The molecule has 0 amide bonds. The third-order valence-electron chi connectivity index (χ3n) is 6.67. The van der Waals surface area contributed by atoms with Crippen molar-refractivity contribution in [2.75, 3.05) is 11.3 Å². The summed E-state index contributed by atoms with van der Waals surface area (Å²) in [4.78, 5) is 12.6. The van der Waals surface area contributed by atoms with Gasteiger partial charge in [-0.1, -0.05) is 18.2 Å². The first-order valence-electron chi connectivity index (χ1n) is 13.1. The van der Waals surface area contributed by atoms with Crippen LogP contribution in [0.5, 0.6) is 5.75 Å². The highest BCUT2D eigenvalue weighted by molar-refractivity contribution is 7.91. The number of ether oxygens (including phenoxy) is 2. The van der Waals surface area contributed by atoms with Crippen molar-refractivity contribution in [3.63, 3.8) is 0 Å². The summed E-state index contributed by atoms with van der Waals surface area (Å²) in [7, 11) is -3.90. The summed E-state index contributed by atoms with van der Waals surface area (Å²) in [5.74, 6) is -0.700. The standard InChI is InChI=1S/C31H34N2O6S/c1-19-14-25(33-40(36,37)18-22-9-6-8-21(15-22)17-32)20(2)28(29(30(34)35)39-31(3,4)5)27(19)24-11-12-26-23(16-24)10-7-13-38-26/h6,8-9,11-12,14-16,29,33H,7,10,13,18H2,1-5H3,(H,34,35). The molecule has 0 saturated carbocycles. The Kier molecular flexibility index (Phi) is 8.24. The maximum absolute atomic E-state index is 13.2. The molecule has 1 aliphatic rings. The Morgan fingerprint density at radius 2 is 1.93 bits per heavy atom. The van der Waals surface area contributed by atoms with E-state index in [2.05, 4.69) is 4.72 Å². The third-order valence-corrected chi connectivity index (χ3v) is 7.91. The minimum atomic E-state index is -3.90. The molecule has 0 aromatic heterocycles. The fourth-order valence-corrected chi connectivity index (χ4v) is 6.25. The van der Waals surface area contributed by atoms with Gasteiger partial charge in [-0.25, -0.2) is 13.2 Å². The number of anilines is 1. The topological polar surface area (TPSA) is 126 Å². The minimum Gasteiger partial charge on any atom is -0.493 e. The lowest BCUT2D eigenvalue weighted by Gasteiger charge is -2.30. The average Bonchev–Trinajstić information content (AvgIpc) is 2.88. The quantitative estimate of drug-likeness (QED) is 0.342. The van der Waals surface area contributed by atoms with Crippen LogP contribution in [0.2, 0.25) is 0 Å². The normalized spacial score (nSPS) is 14.0. The molecule has 0 spiro atoms. The molecular formula is C31H34N2O6S. The van der Waals surface area contributed by atoms with Crippen LogP contribution in [-0.2, 0) is 31.7 Å². The highest BCUT2D eigenvalue weighted by atomic mass is 32.2. The fraction of sp³-hybridized carbons (Fsp3) is 0.355. The number of sulfonamides is 1. The monoisotopic (exact) mass is 562 g/mol. The highest BCUT2D eigenvalue weighted by Crippen LogP contribution is 2.42. The van der Waals surface area contributed by atoms with Gasteiger partial charge in [-0.3, -0.25) is 4.72 Å². The Morgan fingerprint density at radius 3 is 2.60 bits per heavy atom. The van der Waals surface area contributed by atoms with Crippen molar-refractivity contribution in [1.82, 2.24) is 0 Å². The lowest BCUT2D eigenvalue weighted by molar-refractivity contribution is -0.160. The second kappa shape index (κ2) is 11.3. The zero-order valence-electron chi connectivity index (χ0n) is 23.4. The molecule has 1 aliphatic heterocycles.